The van der Waals surface area contributed by atoms with Gasteiger partial charge in [0.25, 0.3) is 0 Å². The highest BCUT2D eigenvalue weighted by Crippen LogP contribution is 2.31. The van der Waals surface area contributed by atoms with Gasteiger partial charge in [-0.25, -0.2) is 22.8 Å². The summed E-state index contributed by atoms with van der Waals surface area (Å²) in [4.78, 5) is 8.12. The summed E-state index contributed by atoms with van der Waals surface area (Å²) in [6.07, 6.45) is 1.67. The first-order chi connectivity index (χ1) is 10.8. The number of aryl methyl sites for hydroxylation is 1. The lowest BCUT2D eigenvalue weighted by atomic mass is 10.4. The van der Waals surface area contributed by atoms with E-state index in [9.17, 15) is 12.8 Å². The number of sulfone groups is 1. The highest BCUT2D eigenvalue weighted by molar-refractivity contribution is 7.98. The Morgan fingerprint density at radius 1 is 1.17 bits per heavy atom. The average molecular weight is 353 g/mol. The molecule has 0 saturated carbocycles. The van der Waals surface area contributed by atoms with Crippen molar-refractivity contribution in [3.63, 3.8) is 0 Å². The van der Waals surface area contributed by atoms with E-state index in [2.05, 4.69) is 15.1 Å². The third-order valence-electron chi connectivity index (χ3n) is 3.14. The van der Waals surface area contributed by atoms with Gasteiger partial charge in [0, 0.05) is 6.26 Å². The summed E-state index contributed by atoms with van der Waals surface area (Å²) in [5, 5.41) is 4.05. The standard InChI is InChI=1S/C13H12FN5O2S2/c1-7-16-11-10(12(15)17-7)18-19(22-2)13(11)23(20,21)9-5-3-8(14)4-6-9/h3-6H,1-2H3,(H2,15,16,17). The van der Waals surface area contributed by atoms with Gasteiger partial charge in [-0.3, -0.25) is 0 Å². The number of fused-ring (bicyclic) bond motifs is 1. The van der Waals surface area contributed by atoms with Crippen LogP contribution in [0, 0.1) is 12.7 Å². The van der Waals surface area contributed by atoms with Crippen LogP contribution >= 0.6 is 11.9 Å². The van der Waals surface area contributed by atoms with Crippen molar-refractivity contribution >= 4 is 38.6 Å². The van der Waals surface area contributed by atoms with Crippen LogP contribution in [0.3, 0.4) is 0 Å². The summed E-state index contributed by atoms with van der Waals surface area (Å²) in [5.74, 6) is -0.0725. The van der Waals surface area contributed by atoms with Crippen LogP contribution in [0.2, 0.25) is 0 Å². The van der Waals surface area contributed by atoms with Gasteiger partial charge in [-0.2, -0.15) is 9.19 Å². The molecule has 23 heavy (non-hydrogen) atoms. The monoisotopic (exact) mass is 353 g/mol. The molecule has 7 nitrogen and oxygen atoms in total. The maximum atomic E-state index is 13.1. The van der Waals surface area contributed by atoms with Crippen LogP contribution in [-0.2, 0) is 9.84 Å². The molecule has 2 aromatic heterocycles. The van der Waals surface area contributed by atoms with E-state index in [1.165, 1.54) is 16.2 Å². The van der Waals surface area contributed by atoms with Gasteiger partial charge < -0.3 is 5.73 Å². The SMILES string of the molecule is CSn1nc2c(N)nc(C)nc2c1S(=O)(=O)c1ccc(F)cc1. The van der Waals surface area contributed by atoms with Gasteiger partial charge in [-0.15, -0.1) is 0 Å². The predicted octanol–water partition coefficient (Wildman–Crippen LogP) is 1.81. The first-order valence-corrected chi connectivity index (χ1v) is 9.09. The van der Waals surface area contributed by atoms with Gasteiger partial charge in [0.05, 0.1) is 4.90 Å². The Balaban J connectivity index is 2.36. The Bertz CT molecular complexity index is 999. The number of rotatable bonds is 3. The van der Waals surface area contributed by atoms with Crippen molar-refractivity contribution in [1.29, 1.82) is 0 Å². The Morgan fingerprint density at radius 3 is 2.43 bits per heavy atom. The van der Waals surface area contributed by atoms with Crippen molar-refractivity contribution in [2.75, 3.05) is 12.0 Å². The number of nitrogens with two attached hydrogens (primary N) is 1. The van der Waals surface area contributed by atoms with Gasteiger partial charge in [0.2, 0.25) is 9.84 Å². The minimum absolute atomic E-state index is 0.0502. The molecule has 0 spiro atoms. The quantitative estimate of drug-likeness (QED) is 0.716. The number of anilines is 1. The molecule has 0 saturated heterocycles. The number of nitrogen functional groups attached to an aromatic ring is 1. The molecule has 1 aromatic carbocycles. The molecule has 0 aliphatic carbocycles. The van der Waals surface area contributed by atoms with Crippen molar-refractivity contribution in [1.82, 2.24) is 19.2 Å². The Kier molecular flexibility index (Phi) is 3.72. The Morgan fingerprint density at radius 2 is 1.83 bits per heavy atom. The lowest BCUT2D eigenvalue weighted by molar-refractivity contribution is 0.590. The van der Waals surface area contributed by atoms with Crippen LogP contribution in [0.25, 0.3) is 11.0 Å². The molecule has 0 radical (unpaired) electrons. The topological polar surface area (TPSA) is 104 Å². The second-order valence-corrected chi connectivity index (χ2v) is 7.25. The molecule has 0 bridgehead atoms. The number of benzene rings is 1. The Hall–Kier alpha value is -2.20. The van der Waals surface area contributed by atoms with Crippen LogP contribution in [0.1, 0.15) is 5.82 Å². The van der Waals surface area contributed by atoms with Crippen LogP contribution in [0.15, 0.2) is 34.2 Å². The van der Waals surface area contributed by atoms with Crippen molar-refractivity contribution < 1.29 is 12.8 Å². The molecular formula is C13H12FN5O2S2. The average Bonchev–Trinajstić information content (AvgIpc) is 2.87. The highest BCUT2D eigenvalue weighted by Gasteiger charge is 2.29. The van der Waals surface area contributed by atoms with Crippen molar-refractivity contribution in [3.05, 3.63) is 35.9 Å². The van der Waals surface area contributed by atoms with Crippen LogP contribution < -0.4 is 5.73 Å². The fraction of sp³-hybridized carbons (Fsp3) is 0.154. The molecule has 3 rings (SSSR count). The fourth-order valence-corrected chi connectivity index (χ4v) is 4.44. The molecule has 120 valence electrons. The van der Waals surface area contributed by atoms with Gasteiger partial charge in [-0.1, -0.05) is 0 Å². The molecule has 3 aromatic rings. The number of hydrogen-bond donors (Lipinski definition) is 1. The third-order valence-corrected chi connectivity index (χ3v) is 5.64. The fourth-order valence-electron chi connectivity index (χ4n) is 2.14. The maximum absolute atomic E-state index is 13.1. The Labute approximate surface area is 135 Å². The number of aromatic nitrogens is 4. The van der Waals surface area contributed by atoms with E-state index in [1.807, 2.05) is 0 Å². The molecular weight excluding hydrogens is 341 g/mol. The summed E-state index contributed by atoms with van der Waals surface area (Å²) in [6.45, 7) is 1.61. The first kappa shape index (κ1) is 15.7. The van der Waals surface area contributed by atoms with Crippen molar-refractivity contribution in [2.45, 2.75) is 16.8 Å². The van der Waals surface area contributed by atoms with E-state index in [4.69, 9.17) is 5.73 Å². The molecule has 0 aliphatic heterocycles. The van der Waals surface area contributed by atoms with E-state index < -0.39 is 15.7 Å². The second kappa shape index (κ2) is 5.46. The molecule has 0 atom stereocenters. The summed E-state index contributed by atoms with van der Waals surface area (Å²) in [7, 11) is -3.95. The molecule has 0 unspecified atom stereocenters. The molecule has 0 aliphatic rings. The molecule has 2 heterocycles. The minimum atomic E-state index is -3.95. The number of nitrogens with zero attached hydrogens (tertiary/aromatic N) is 4. The molecule has 0 fully saturated rings. The van der Waals surface area contributed by atoms with Crippen molar-refractivity contribution in [2.24, 2.45) is 0 Å². The van der Waals surface area contributed by atoms with Gasteiger partial charge in [0.15, 0.2) is 16.4 Å². The molecule has 0 amide bonds. The largest absolute Gasteiger partial charge is 0.382 e. The normalized spacial score (nSPS) is 12.0. The van der Waals surface area contributed by atoms with Crippen LogP contribution in [-0.4, -0.2) is 33.8 Å². The number of halogens is 1. The zero-order valence-corrected chi connectivity index (χ0v) is 13.8. The van der Waals surface area contributed by atoms with Crippen LogP contribution in [0.5, 0.6) is 0 Å². The summed E-state index contributed by atoms with van der Waals surface area (Å²) >= 11 is 1.09. The minimum Gasteiger partial charge on any atom is -0.382 e. The van der Waals surface area contributed by atoms with E-state index in [-0.39, 0.29) is 26.8 Å². The smallest absolute Gasteiger partial charge is 0.226 e. The number of hydrogen-bond acceptors (Lipinski definition) is 7. The predicted molar refractivity (Wildman–Crippen MR) is 85.2 cm³/mol. The highest BCUT2D eigenvalue weighted by atomic mass is 32.2. The van der Waals surface area contributed by atoms with Crippen molar-refractivity contribution in [3.8, 4) is 0 Å². The zero-order chi connectivity index (χ0) is 16.8. The van der Waals surface area contributed by atoms with E-state index >= 15 is 0 Å². The maximum Gasteiger partial charge on any atom is 0.226 e. The summed E-state index contributed by atoms with van der Waals surface area (Å²) < 4.78 is 40.1. The lowest BCUT2D eigenvalue weighted by Crippen LogP contribution is -2.08. The van der Waals surface area contributed by atoms with E-state index in [0.717, 1.165) is 24.1 Å². The first-order valence-electron chi connectivity index (χ1n) is 6.42. The lowest BCUT2D eigenvalue weighted by Gasteiger charge is -2.06. The summed E-state index contributed by atoms with van der Waals surface area (Å²) in [5.41, 5.74) is 6.18. The van der Waals surface area contributed by atoms with Gasteiger partial charge in [0.1, 0.15) is 17.2 Å². The van der Waals surface area contributed by atoms with Gasteiger partial charge >= 0.3 is 0 Å². The summed E-state index contributed by atoms with van der Waals surface area (Å²) in [6, 6.07) is 4.57. The van der Waals surface area contributed by atoms with E-state index in [0.29, 0.717) is 5.82 Å². The van der Waals surface area contributed by atoms with Crippen LogP contribution in [0.4, 0.5) is 10.2 Å². The third kappa shape index (κ3) is 2.53. The second-order valence-electron chi connectivity index (χ2n) is 4.67. The molecule has 10 heteroatoms. The van der Waals surface area contributed by atoms with E-state index in [1.54, 1.807) is 13.2 Å². The zero-order valence-electron chi connectivity index (χ0n) is 12.2. The van der Waals surface area contributed by atoms with Gasteiger partial charge in [-0.05, 0) is 43.1 Å². The molecule has 2 N–H and O–H groups in total.